The van der Waals surface area contributed by atoms with E-state index in [1.165, 1.54) is 18.5 Å². The molecule has 0 aliphatic heterocycles. The summed E-state index contributed by atoms with van der Waals surface area (Å²) < 4.78 is 40.1. The molecule has 1 aromatic rings. The molecule has 3 nitrogen and oxygen atoms in total. The van der Waals surface area contributed by atoms with Crippen molar-refractivity contribution in [3.63, 3.8) is 0 Å². The Morgan fingerprint density at radius 3 is 2.80 bits per heavy atom. The summed E-state index contributed by atoms with van der Waals surface area (Å²) in [5.74, 6) is 0.0734. The minimum Gasteiger partial charge on any atom is -0.490 e. The van der Waals surface area contributed by atoms with Crippen molar-refractivity contribution in [1.29, 1.82) is 5.26 Å². The molecule has 0 N–H and O–H groups in total. The molecular formula is C9H7F3N2O. The Balaban J connectivity index is 2.55. The van der Waals surface area contributed by atoms with E-state index in [1.54, 1.807) is 6.07 Å². The van der Waals surface area contributed by atoms with Crippen molar-refractivity contribution >= 4 is 0 Å². The average Bonchev–Trinajstić information content (AvgIpc) is 2.16. The van der Waals surface area contributed by atoms with Crippen molar-refractivity contribution in [2.75, 3.05) is 6.61 Å². The molecule has 0 radical (unpaired) electrons. The highest BCUT2D eigenvalue weighted by Gasteiger charge is 2.26. The van der Waals surface area contributed by atoms with Crippen molar-refractivity contribution in [3.05, 3.63) is 24.0 Å². The molecule has 0 aliphatic rings. The molecule has 0 unspecified atom stereocenters. The summed E-state index contributed by atoms with van der Waals surface area (Å²) in [6.45, 7) is -0.510. The molecule has 1 heterocycles. The number of halogens is 3. The van der Waals surface area contributed by atoms with Crippen LogP contribution < -0.4 is 4.74 Å². The van der Waals surface area contributed by atoms with Crippen molar-refractivity contribution in [3.8, 4) is 11.8 Å². The first kappa shape index (κ1) is 11.3. The fraction of sp³-hybridized carbons (Fsp3) is 0.333. The zero-order valence-electron chi connectivity index (χ0n) is 7.58. The van der Waals surface area contributed by atoms with E-state index in [-0.39, 0.29) is 11.3 Å². The normalized spacial score (nSPS) is 10.8. The van der Waals surface area contributed by atoms with Crippen LogP contribution in [0, 0.1) is 11.3 Å². The molecule has 80 valence electrons. The zero-order valence-corrected chi connectivity index (χ0v) is 7.58. The Morgan fingerprint density at radius 1 is 1.47 bits per heavy atom. The maximum Gasteiger partial charge on any atom is 0.392 e. The molecule has 0 saturated carbocycles. The molecule has 0 atom stereocenters. The molecule has 15 heavy (non-hydrogen) atoms. The van der Waals surface area contributed by atoms with Crippen LogP contribution in [0.4, 0.5) is 13.2 Å². The van der Waals surface area contributed by atoms with Crippen molar-refractivity contribution in [1.82, 2.24) is 4.98 Å². The topological polar surface area (TPSA) is 45.9 Å². The molecule has 1 aromatic heterocycles. The van der Waals surface area contributed by atoms with Gasteiger partial charge in [-0.25, -0.2) is 0 Å². The second-order valence-corrected chi connectivity index (χ2v) is 2.70. The second kappa shape index (κ2) is 4.64. The third kappa shape index (κ3) is 3.85. The van der Waals surface area contributed by atoms with Gasteiger partial charge in [-0.2, -0.15) is 18.4 Å². The number of rotatable bonds is 3. The number of nitriles is 1. The number of hydrogen-bond acceptors (Lipinski definition) is 3. The first-order valence-electron chi connectivity index (χ1n) is 4.06. The highest BCUT2D eigenvalue weighted by Crippen LogP contribution is 2.21. The Kier molecular flexibility index (Phi) is 3.50. The number of nitrogens with zero attached hydrogens (tertiary/aromatic N) is 2. The Morgan fingerprint density at radius 2 is 2.20 bits per heavy atom. The van der Waals surface area contributed by atoms with Gasteiger partial charge < -0.3 is 4.74 Å². The van der Waals surface area contributed by atoms with Gasteiger partial charge in [0.05, 0.1) is 24.8 Å². The lowest BCUT2D eigenvalue weighted by Crippen LogP contribution is -2.13. The van der Waals surface area contributed by atoms with E-state index in [0.29, 0.717) is 0 Å². The van der Waals surface area contributed by atoms with E-state index in [2.05, 4.69) is 4.98 Å². The zero-order chi connectivity index (χ0) is 11.3. The van der Waals surface area contributed by atoms with E-state index >= 15 is 0 Å². The SMILES string of the molecule is N#Cc1ccncc1OCCC(F)(F)F. The van der Waals surface area contributed by atoms with Gasteiger partial charge in [-0.1, -0.05) is 0 Å². The number of hydrogen-bond donors (Lipinski definition) is 0. The van der Waals surface area contributed by atoms with Crippen LogP contribution in [0.2, 0.25) is 0 Å². The fourth-order valence-electron chi connectivity index (χ4n) is 0.864. The molecule has 0 fully saturated rings. The second-order valence-electron chi connectivity index (χ2n) is 2.70. The molecule has 0 amide bonds. The predicted octanol–water partition coefficient (Wildman–Crippen LogP) is 2.28. The van der Waals surface area contributed by atoms with Crippen LogP contribution in [0.3, 0.4) is 0 Å². The predicted molar refractivity (Wildman–Crippen MR) is 45.1 cm³/mol. The summed E-state index contributed by atoms with van der Waals surface area (Å²) in [6.07, 6.45) is -2.72. The first-order chi connectivity index (χ1) is 7.03. The van der Waals surface area contributed by atoms with Gasteiger partial charge in [-0.05, 0) is 6.07 Å². The third-order valence-electron chi connectivity index (χ3n) is 1.55. The van der Waals surface area contributed by atoms with Gasteiger partial charge in [0.2, 0.25) is 0 Å². The number of ether oxygens (including phenoxy) is 1. The Labute approximate surface area is 84.1 Å². The van der Waals surface area contributed by atoms with Crippen molar-refractivity contribution < 1.29 is 17.9 Å². The first-order valence-corrected chi connectivity index (χ1v) is 4.06. The summed E-state index contributed by atoms with van der Waals surface area (Å²) in [5, 5.41) is 8.60. The van der Waals surface area contributed by atoms with Crippen LogP contribution in [0.5, 0.6) is 5.75 Å². The number of alkyl halides is 3. The van der Waals surface area contributed by atoms with Crippen molar-refractivity contribution in [2.24, 2.45) is 0 Å². The summed E-state index contributed by atoms with van der Waals surface area (Å²) in [6, 6.07) is 3.17. The van der Waals surface area contributed by atoms with E-state index in [9.17, 15) is 13.2 Å². The fourth-order valence-corrected chi connectivity index (χ4v) is 0.864. The standard InChI is InChI=1S/C9H7F3N2O/c10-9(11,12)2-4-15-8-6-14-3-1-7(8)5-13/h1,3,6H,2,4H2. The summed E-state index contributed by atoms with van der Waals surface area (Å²) in [7, 11) is 0. The third-order valence-corrected chi connectivity index (χ3v) is 1.55. The van der Waals surface area contributed by atoms with Crippen molar-refractivity contribution in [2.45, 2.75) is 12.6 Å². The monoisotopic (exact) mass is 216 g/mol. The Hall–Kier alpha value is -1.77. The van der Waals surface area contributed by atoms with Gasteiger partial charge in [0, 0.05) is 6.20 Å². The van der Waals surface area contributed by atoms with Gasteiger partial charge in [0.1, 0.15) is 6.07 Å². The molecular weight excluding hydrogens is 209 g/mol. The molecule has 0 spiro atoms. The van der Waals surface area contributed by atoms with E-state index in [4.69, 9.17) is 10.00 Å². The smallest absolute Gasteiger partial charge is 0.392 e. The molecule has 1 rings (SSSR count). The number of aromatic nitrogens is 1. The maximum absolute atomic E-state index is 11.8. The van der Waals surface area contributed by atoms with Crippen LogP contribution in [0.25, 0.3) is 0 Å². The van der Waals surface area contributed by atoms with Gasteiger partial charge in [-0.3, -0.25) is 4.98 Å². The number of pyridine rings is 1. The van der Waals surface area contributed by atoms with Gasteiger partial charge in [-0.15, -0.1) is 0 Å². The molecule has 0 aromatic carbocycles. The summed E-state index contributed by atoms with van der Waals surface area (Å²) in [4.78, 5) is 3.65. The summed E-state index contributed by atoms with van der Waals surface area (Å²) in [5.41, 5.74) is 0.173. The van der Waals surface area contributed by atoms with Crippen LogP contribution in [0.15, 0.2) is 18.5 Å². The quantitative estimate of drug-likeness (QED) is 0.778. The van der Waals surface area contributed by atoms with Crippen LogP contribution in [0.1, 0.15) is 12.0 Å². The lowest BCUT2D eigenvalue weighted by Gasteiger charge is -2.08. The minimum atomic E-state index is -4.25. The maximum atomic E-state index is 11.8. The average molecular weight is 216 g/mol. The molecule has 6 heteroatoms. The van der Waals surface area contributed by atoms with Crippen LogP contribution >= 0.6 is 0 Å². The van der Waals surface area contributed by atoms with Gasteiger partial charge in [0.15, 0.2) is 5.75 Å². The molecule has 0 aliphatic carbocycles. The van der Waals surface area contributed by atoms with Gasteiger partial charge in [0.25, 0.3) is 0 Å². The van der Waals surface area contributed by atoms with Crippen LogP contribution in [-0.4, -0.2) is 17.8 Å². The highest BCUT2D eigenvalue weighted by atomic mass is 19.4. The van der Waals surface area contributed by atoms with Gasteiger partial charge >= 0.3 is 6.18 Å². The minimum absolute atomic E-state index is 0.0734. The summed E-state index contributed by atoms with van der Waals surface area (Å²) >= 11 is 0. The van der Waals surface area contributed by atoms with Crippen LogP contribution in [-0.2, 0) is 0 Å². The van der Waals surface area contributed by atoms with E-state index in [1.807, 2.05) is 0 Å². The van der Waals surface area contributed by atoms with E-state index < -0.39 is 19.2 Å². The Bertz CT molecular complexity index is 370. The highest BCUT2D eigenvalue weighted by molar-refractivity contribution is 5.40. The lowest BCUT2D eigenvalue weighted by atomic mass is 10.3. The van der Waals surface area contributed by atoms with E-state index in [0.717, 1.165) is 0 Å². The molecule has 0 saturated heterocycles. The lowest BCUT2D eigenvalue weighted by molar-refractivity contribution is -0.139. The molecule has 0 bridgehead atoms. The largest absolute Gasteiger partial charge is 0.490 e.